The second-order valence-electron chi connectivity index (χ2n) is 11.3. The monoisotopic (exact) mass is 546 g/mol. The van der Waals surface area contributed by atoms with Gasteiger partial charge in [-0.25, -0.2) is 4.39 Å². The number of halogens is 1. The number of rotatable bonds is 7. The quantitative estimate of drug-likeness (QED) is 0.386. The van der Waals surface area contributed by atoms with Crippen molar-refractivity contribution < 1.29 is 13.9 Å². The molecule has 214 valence electrons. The number of piperazine rings is 1. The molecule has 7 heteroatoms. The van der Waals surface area contributed by atoms with Gasteiger partial charge in [-0.2, -0.15) is 5.10 Å². The summed E-state index contributed by atoms with van der Waals surface area (Å²) in [6, 6.07) is 7.27. The van der Waals surface area contributed by atoms with E-state index in [-0.39, 0.29) is 18.3 Å². The lowest BCUT2D eigenvalue weighted by Crippen LogP contribution is -2.49. The highest BCUT2D eigenvalue weighted by Gasteiger charge is 2.26. The highest BCUT2D eigenvalue weighted by atomic mass is 19.1. The molecule has 0 bridgehead atoms. The molecule has 0 spiro atoms. The Kier molecular flexibility index (Phi) is 9.08. The van der Waals surface area contributed by atoms with Gasteiger partial charge in [-0.15, -0.1) is 0 Å². The molecular weight excluding hydrogens is 503 g/mol. The molecule has 40 heavy (non-hydrogen) atoms. The summed E-state index contributed by atoms with van der Waals surface area (Å²) in [5, 5.41) is 4.90. The lowest BCUT2D eigenvalue weighted by molar-refractivity contribution is -0.133. The minimum absolute atomic E-state index is 0.113. The van der Waals surface area contributed by atoms with Crippen LogP contribution in [0.5, 0.6) is 0 Å². The number of benzene rings is 1. The third kappa shape index (κ3) is 6.34. The summed E-state index contributed by atoms with van der Waals surface area (Å²) in [7, 11) is 1.74. The van der Waals surface area contributed by atoms with Crippen molar-refractivity contribution in [2.75, 3.05) is 33.3 Å². The summed E-state index contributed by atoms with van der Waals surface area (Å²) in [5.74, 6) is 1.25. The lowest BCUT2D eigenvalue weighted by atomic mass is 9.86. The molecule has 1 aromatic carbocycles. The van der Waals surface area contributed by atoms with Gasteiger partial charge in [0.25, 0.3) is 0 Å². The van der Waals surface area contributed by atoms with Crippen molar-refractivity contribution in [3.63, 3.8) is 0 Å². The molecule has 3 aliphatic rings. The topological polar surface area (TPSA) is 50.6 Å². The summed E-state index contributed by atoms with van der Waals surface area (Å²) < 4.78 is 21.6. The summed E-state index contributed by atoms with van der Waals surface area (Å²) in [6.07, 6.45) is 15.5. The van der Waals surface area contributed by atoms with E-state index in [0.717, 1.165) is 67.9 Å². The normalized spacial score (nSPS) is 18.9. The average Bonchev–Trinajstić information content (AvgIpc) is 3.39. The number of aryl methyl sites for hydroxylation is 1. The van der Waals surface area contributed by atoms with Gasteiger partial charge < -0.3 is 14.5 Å². The van der Waals surface area contributed by atoms with Gasteiger partial charge in [-0.05, 0) is 80.5 Å². The van der Waals surface area contributed by atoms with Crippen LogP contribution in [0.2, 0.25) is 0 Å². The molecule has 2 aromatic rings. The van der Waals surface area contributed by atoms with Crippen molar-refractivity contribution in [3.05, 3.63) is 76.6 Å². The fourth-order valence-electron chi connectivity index (χ4n) is 6.29. The van der Waals surface area contributed by atoms with Gasteiger partial charge >= 0.3 is 0 Å². The first kappa shape index (κ1) is 28.2. The first-order valence-corrected chi connectivity index (χ1v) is 15.0. The van der Waals surface area contributed by atoms with Gasteiger partial charge in [-0.3, -0.25) is 9.48 Å². The van der Waals surface area contributed by atoms with E-state index in [1.54, 1.807) is 20.1 Å². The van der Waals surface area contributed by atoms with E-state index in [1.807, 2.05) is 15.6 Å². The Hall–Kier alpha value is -3.35. The van der Waals surface area contributed by atoms with Crippen molar-refractivity contribution in [3.8, 4) is 11.3 Å². The molecule has 0 atom stereocenters. The number of aromatic nitrogens is 2. The molecule has 2 fully saturated rings. The maximum Gasteiger partial charge on any atom is 0.244 e. The largest absolute Gasteiger partial charge is 0.496 e. The number of amides is 1. The number of carbonyl (C=O) groups excluding carboxylic acids is 1. The highest BCUT2D eigenvalue weighted by Crippen LogP contribution is 2.35. The molecule has 0 N–H and O–H groups in total. The Morgan fingerprint density at radius 1 is 1.10 bits per heavy atom. The van der Waals surface area contributed by atoms with Crippen molar-refractivity contribution in [2.45, 2.75) is 77.7 Å². The molecule has 2 aliphatic carbocycles. The van der Waals surface area contributed by atoms with E-state index in [2.05, 4.69) is 36.1 Å². The molecule has 2 heterocycles. The third-order valence-corrected chi connectivity index (χ3v) is 8.71. The predicted octanol–water partition coefficient (Wildman–Crippen LogP) is 6.73. The van der Waals surface area contributed by atoms with E-state index >= 15 is 0 Å². The van der Waals surface area contributed by atoms with Gasteiger partial charge in [0.05, 0.1) is 12.8 Å². The number of carbonyl (C=O) groups is 1. The molecule has 1 saturated heterocycles. The summed E-state index contributed by atoms with van der Waals surface area (Å²) in [4.78, 5) is 17.9. The molecular formula is C33H43FN4O2. The SMILES string of the molecule is CCC1=C(OC)C=C(N2CCN(C(=O)Cn3nc(-c4ccc(F)c(C)c4)cc3C3CCCCC3)CC2)CCC=C1. The third-order valence-electron chi connectivity index (χ3n) is 8.71. The maximum absolute atomic E-state index is 13.9. The van der Waals surface area contributed by atoms with Gasteiger partial charge in [0, 0.05) is 49.1 Å². The maximum atomic E-state index is 13.9. The fraction of sp³-hybridized carbons (Fsp3) is 0.515. The fourth-order valence-corrected chi connectivity index (χ4v) is 6.29. The zero-order valence-corrected chi connectivity index (χ0v) is 24.3. The van der Waals surface area contributed by atoms with E-state index < -0.39 is 0 Å². The van der Waals surface area contributed by atoms with Crippen LogP contribution in [0.25, 0.3) is 11.3 Å². The minimum Gasteiger partial charge on any atom is -0.496 e. The van der Waals surface area contributed by atoms with Gasteiger partial charge in [0.1, 0.15) is 18.1 Å². The lowest BCUT2D eigenvalue weighted by Gasteiger charge is -2.38. The summed E-state index contributed by atoms with van der Waals surface area (Å²) in [6.45, 7) is 7.20. The van der Waals surface area contributed by atoms with E-state index in [1.165, 1.54) is 36.6 Å². The van der Waals surface area contributed by atoms with Crippen LogP contribution in [0.4, 0.5) is 4.39 Å². The second kappa shape index (κ2) is 12.9. The Labute approximate surface area is 238 Å². The van der Waals surface area contributed by atoms with Crippen molar-refractivity contribution in [2.24, 2.45) is 0 Å². The summed E-state index contributed by atoms with van der Waals surface area (Å²) in [5.41, 5.74) is 5.97. The highest BCUT2D eigenvalue weighted by molar-refractivity contribution is 5.76. The van der Waals surface area contributed by atoms with Gasteiger partial charge in [0.15, 0.2) is 0 Å². The number of allylic oxidation sites excluding steroid dienone is 5. The molecule has 1 amide bonds. The van der Waals surface area contributed by atoms with Crippen molar-refractivity contribution >= 4 is 5.91 Å². The van der Waals surface area contributed by atoms with Crippen LogP contribution in [-0.4, -0.2) is 58.8 Å². The smallest absolute Gasteiger partial charge is 0.244 e. The molecule has 5 rings (SSSR count). The summed E-state index contributed by atoms with van der Waals surface area (Å²) >= 11 is 0. The van der Waals surface area contributed by atoms with Crippen LogP contribution in [0, 0.1) is 12.7 Å². The molecule has 1 aliphatic heterocycles. The predicted molar refractivity (Wildman–Crippen MR) is 157 cm³/mol. The van der Waals surface area contributed by atoms with Crippen LogP contribution in [0.15, 0.2) is 59.5 Å². The Balaban J connectivity index is 1.29. The number of hydrogen-bond acceptors (Lipinski definition) is 4. The van der Waals surface area contributed by atoms with Crippen LogP contribution in [0.1, 0.15) is 75.5 Å². The molecule has 1 aromatic heterocycles. The Bertz CT molecular complexity index is 1290. The molecule has 0 unspecified atom stereocenters. The second-order valence-corrected chi connectivity index (χ2v) is 11.3. The van der Waals surface area contributed by atoms with Crippen LogP contribution in [-0.2, 0) is 16.1 Å². The van der Waals surface area contributed by atoms with E-state index in [9.17, 15) is 9.18 Å². The molecule has 6 nitrogen and oxygen atoms in total. The zero-order valence-electron chi connectivity index (χ0n) is 24.3. The van der Waals surface area contributed by atoms with Crippen LogP contribution >= 0.6 is 0 Å². The molecule has 0 radical (unpaired) electrons. The van der Waals surface area contributed by atoms with Gasteiger partial charge in [-0.1, -0.05) is 38.3 Å². The van der Waals surface area contributed by atoms with Crippen molar-refractivity contribution in [1.82, 2.24) is 19.6 Å². The Morgan fingerprint density at radius 3 is 2.58 bits per heavy atom. The number of nitrogens with zero attached hydrogens (tertiary/aromatic N) is 4. The Morgan fingerprint density at radius 2 is 1.88 bits per heavy atom. The molecule has 1 saturated carbocycles. The minimum atomic E-state index is -0.211. The van der Waals surface area contributed by atoms with Crippen LogP contribution in [0.3, 0.4) is 0 Å². The number of hydrogen-bond donors (Lipinski definition) is 0. The first-order chi connectivity index (χ1) is 19.5. The van der Waals surface area contributed by atoms with Gasteiger partial charge in [0.2, 0.25) is 5.91 Å². The van der Waals surface area contributed by atoms with Crippen molar-refractivity contribution in [1.29, 1.82) is 0 Å². The average molecular weight is 547 g/mol. The number of methoxy groups -OCH3 is 1. The van der Waals surface area contributed by atoms with Crippen LogP contribution < -0.4 is 0 Å². The first-order valence-electron chi connectivity index (χ1n) is 15.0. The standard InChI is InChI=1S/C33H43FN4O2/c1-4-25-10-8-9-13-28(21-32(25)40-3)36-16-18-37(19-17-36)33(39)23-38-31(26-11-6-5-7-12-26)22-30(35-38)27-14-15-29(34)24(2)20-27/h8,10,14-15,20-22,26H,4-7,9,11-13,16-19,23H2,1-3H3. The zero-order chi connectivity index (χ0) is 28.1. The van der Waals surface area contributed by atoms with E-state index in [0.29, 0.717) is 24.6 Å². The van der Waals surface area contributed by atoms with E-state index in [4.69, 9.17) is 9.84 Å². The number of ether oxygens (including phenoxy) is 1.